The molecule has 4 aliphatic rings. The number of alkyl halides is 2. The van der Waals surface area contributed by atoms with Crippen LogP contribution in [0.25, 0.3) is 0 Å². The number of hydrogen-bond donors (Lipinski definition) is 2. The van der Waals surface area contributed by atoms with E-state index in [-0.39, 0.29) is 29.3 Å². The Bertz CT molecular complexity index is 806. The number of carbonyl (C=O) groups excluding carboxylic acids is 2. The van der Waals surface area contributed by atoms with Crippen molar-refractivity contribution < 1.29 is 19.8 Å². The van der Waals surface area contributed by atoms with E-state index in [1.807, 2.05) is 6.08 Å². The molecule has 6 heteroatoms. The molecule has 0 aromatic rings. The number of aliphatic hydroxyl groups is 2. The fourth-order valence-electron chi connectivity index (χ4n) is 7.23. The minimum absolute atomic E-state index is 0.0136. The molecule has 0 bridgehead atoms. The maximum Gasteiger partial charge on any atom is 0.178 e. The highest BCUT2D eigenvalue weighted by molar-refractivity contribution is 9.10. The van der Waals surface area contributed by atoms with Gasteiger partial charge in [-0.05, 0) is 61.0 Å². The summed E-state index contributed by atoms with van der Waals surface area (Å²) in [5, 5.41) is 21.2. The lowest BCUT2D eigenvalue weighted by atomic mass is 9.46. The average Bonchev–Trinajstić information content (AvgIpc) is 2.84. The summed E-state index contributed by atoms with van der Waals surface area (Å²) in [6, 6.07) is 0. The lowest BCUT2D eigenvalue weighted by Crippen LogP contribution is -2.67. The number of hydrogen-bond acceptors (Lipinski definition) is 4. The Balaban J connectivity index is 1.84. The molecule has 1 unspecified atom stereocenters. The maximum atomic E-state index is 12.8. The fourth-order valence-corrected chi connectivity index (χ4v) is 9.09. The van der Waals surface area contributed by atoms with Gasteiger partial charge in [0.2, 0.25) is 0 Å². The molecule has 0 amide bonds. The first-order valence-corrected chi connectivity index (χ1v) is 11.7. The fraction of sp³-hybridized carbons (Fsp3) is 0.727. The molecule has 0 saturated heterocycles. The van der Waals surface area contributed by atoms with Crippen LogP contribution >= 0.6 is 31.9 Å². The summed E-state index contributed by atoms with van der Waals surface area (Å²) in [6.07, 6.45) is 7.67. The molecule has 4 nitrogen and oxygen atoms in total. The first kappa shape index (κ1) is 21.0. The van der Waals surface area contributed by atoms with Gasteiger partial charge in [-0.2, -0.15) is 0 Å². The number of rotatable bonds is 2. The second-order valence-electron chi connectivity index (χ2n) is 9.69. The van der Waals surface area contributed by atoms with Crippen LogP contribution in [0.1, 0.15) is 46.5 Å². The number of fused-ring (bicyclic) bond motifs is 5. The van der Waals surface area contributed by atoms with Crippen molar-refractivity contribution in [2.45, 2.75) is 61.2 Å². The second kappa shape index (κ2) is 6.35. The molecule has 4 aliphatic carbocycles. The Labute approximate surface area is 183 Å². The van der Waals surface area contributed by atoms with Gasteiger partial charge >= 0.3 is 0 Å². The zero-order valence-electron chi connectivity index (χ0n) is 16.5. The third-order valence-corrected chi connectivity index (χ3v) is 12.8. The standard InChI is InChI=1S/C22H28Br2O4/c1-12-8-16-15-5-4-13-9-14(26)6-7-19(13,2)22(15,24)17(27)10-20(16,3)21(12,23)18(28)11-25/h6-7,9,12,15-17,25,27H,4-5,8,10-11H2,1-3H3/t12-,15+,16+,17+,19+,20+,21+,22?/m1/s1. The van der Waals surface area contributed by atoms with Crippen molar-refractivity contribution in [2.24, 2.45) is 28.6 Å². The Morgan fingerprint density at radius 1 is 1.29 bits per heavy atom. The summed E-state index contributed by atoms with van der Waals surface area (Å²) in [4.78, 5) is 24.8. The molecule has 0 aromatic heterocycles. The molecule has 8 atom stereocenters. The summed E-state index contributed by atoms with van der Waals surface area (Å²) in [5.41, 5.74) is 0.199. The van der Waals surface area contributed by atoms with E-state index < -0.39 is 32.2 Å². The molecule has 0 aromatic carbocycles. The molecule has 154 valence electrons. The molecule has 4 rings (SSSR count). The first-order valence-electron chi connectivity index (χ1n) is 10.1. The van der Waals surface area contributed by atoms with Crippen molar-refractivity contribution >= 4 is 43.4 Å². The van der Waals surface area contributed by atoms with Gasteiger partial charge in [-0.25, -0.2) is 0 Å². The topological polar surface area (TPSA) is 74.6 Å². The smallest absolute Gasteiger partial charge is 0.178 e. The number of aliphatic hydroxyl groups excluding tert-OH is 2. The third kappa shape index (κ3) is 2.24. The van der Waals surface area contributed by atoms with Crippen molar-refractivity contribution in [3.05, 3.63) is 23.8 Å². The van der Waals surface area contributed by atoms with Gasteiger partial charge in [0.1, 0.15) is 6.61 Å². The Morgan fingerprint density at radius 3 is 2.61 bits per heavy atom. The van der Waals surface area contributed by atoms with Gasteiger partial charge in [0.25, 0.3) is 0 Å². The van der Waals surface area contributed by atoms with E-state index in [9.17, 15) is 19.8 Å². The predicted octanol–water partition coefficient (Wildman–Crippen LogP) is 3.72. The zero-order chi connectivity index (χ0) is 20.7. The van der Waals surface area contributed by atoms with Gasteiger partial charge in [0, 0.05) is 5.41 Å². The maximum absolute atomic E-state index is 12.8. The number of allylic oxidation sites excluding steroid dienone is 4. The second-order valence-corrected chi connectivity index (χ2v) is 12.3. The summed E-state index contributed by atoms with van der Waals surface area (Å²) >= 11 is 7.81. The molecular weight excluding hydrogens is 488 g/mol. The van der Waals surface area contributed by atoms with Crippen molar-refractivity contribution in [3.63, 3.8) is 0 Å². The van der Waals surface area contributed by atoms with E-state index in [0.29, 0.717) is 6.42 Å². The molecule has 0 heterocycles. The van der Waals surface area contributed by atoms with E-state index in [1.54, 1.807) is 12.2 Å². The highest BCUT2D eigenvalue weighted by Gasteiger charge is 2.73. The van der Waals surface area contributed by atoms with Gasteiger partial charge in [-0.15, -0.1) is 0 Å². The van der Waals surface area contributed by atoms with Crippen LogP contribution in [0.15, 0.2) is 23.8 Å². The van der Waals surface area contributed by atoms with Crippen LogP contribution in [-0.2, 0) is 9.59 Å². The van der Waals surface area contributed by atoms with Crippen molar-refractivity contribution in [2.75, 3.05) is 6.61 Å². The lowest BCUT2D eigenvalue weighted by Gasteiger charge is -2.64. The lowest BCUT2D eigenvalue weighted by molar-refractivity contribution is -0.133. The predicted molar refractivity (Wildman–Crippen MR) is 114 cm³/mol. The molecule has 2 N–H and O–H groups in total. The van der Waals surface area contributed by atoms with Crippen LogP contribution in [0.2, 0.25) is 0 Å². The summed E-state index contributed by atoms with van der Waals surface area (Å²) in [6.45, 7) is 5.80. The number of Topliss-reactive ketones (excluding diaryl/α,β-unsaturated/α-hetero) is 1. The van der Waals surface area contributed by atoms with Crippen molar-refractivity contribution in [3.8, 4) is 0 Å². The molecule has 3 saturated carbocycles. The van der Waals surface area contributed by atoms with Gasteiger partial charge < -0.3 is 10.2 Å². The molecule has 3 fully saturated rings. The summed E-state index contributed by atoms with van der Waals surface area (Å²) < 4.78 is -1.41. The number of carbonyl (C=O) groups is 2. The van der Waals surface area contributed by atoms with E-state index in [2.05, 4.69) is 52.6 Å². The molecule has 0 aliphatic heterocycles. The Hall–Kier alpha value is -0.300. The zero-order valence-corrected chi connectivity index (χ0v) is 19.7. The SMILES string of the molecule is C[C@@H]1C[C@H]2[C@@H]3CCC4=CC(=O)C=C[C@]4(C)C3(Br)[C@@H](O)C[C@]2(C)[C@@]1(Br)C(=O)CO. The van der Waals surface area contributed by atoms with Gasteiger partial charge in [-0.1, -0.05) is 64.3 Å². The largest absolute Gasteiger partial charge is 0.392 e. The van der Waals surface area contributed by atoms with Crippen LogP contribution in [0.4, 0.5) is 0 Å². The van der Waals surface area contributed by atoms with Crippen LogP contribution in [0.5, 0.6) is 0 Å². The Kier molecular flexibility index (Phi) is 4.75. The van der Waals surface area contributed by atoms with Crippen LogP contribution < -0.4 is 0 Å². The minimum Gasteiger partial charge on any atom is -0.392 e. The van der Waals surface area contributed by atoms with E-state index in [4.69, 9.17) is 0 Å². The quantitative estimate of drug-likeness (QED) is 0.549. The Morgan fingerprint density at radius 2 is 1.96 bits per heavy atom. The molecule has 0 radical (unpaired) electrons. The van der Waals surface area contributed by atoms with E-state index in [0.717, 1.165) is 24.8 Å². The van der Waals surface area contributed by atoms with Gasteiger partial charge in [0.15, 0.2) is 11.6 Å². The van der Waals surface area contributed by atoms with Crippen LogP contribution in [0.3, 0.4) is 0 Å². The average molecular weight is 516 g/mol. The number of halogens is 2. The van der Waals surface area contributed by atoms with Crippen LogP contribution in [0, 0.1) is 28.6 Å². The van der Waals surface area contributed by atoms with Crippen LogP contribution in [-0.4, -0.2) is 43.1 Å². The summed E-state index contributed by atoms with van der Waals surface area (Å²) in [5.74, 6) is 0.279. The van der Waals surface area contributed by atoms with Gasteiger partial charge in [0.05, 0.1) is 14.8 Å². The molecular formula is C22H28Br2O4. The highest BCUT2D eigenvalue weighted by atomic mass is 79.9. The van der Waals surface area contributed by atoms with Gasteiger partial charge in [-0.3, -0.25) is 9.59 Å². The molecule has 0 spiro atoms. The highest BCUT2D eigenvalue weighted by Crippen LogP contribution is 2.73. The monoisotopic (exact) mass is 514 g/mol. The van der Waals surface area contributed by atoms with Crippen molar-refractivity contribution in [1.29, 1.82) is 0 Å². The normalized spacial score (nSPS) is 52.5. The summed E-state index contributed by atoms with van der Waals surface area (Å²) in [7, 11) is 0. The third-order valence-electron chi connectivity index (χ3n) is 8.70. The number of ketones is 2. The van der Waals surface area contributed by atoms with E-state index in [1.165, 1.54) is 0 Å². The first-order chi connectivity index (χ1) is 13.0. The van der Waals surface area contributed by atoms with E-state index >= 15 is 0 Å². The molecule has 28 heavy (non-hydrogen) atoms. The van der Waals surface area contributed by atoms with Crippen molar-refractivity contribution in [1.82, 2.24) is 0 Å². The minimum atomic E-state index is -0.829.